The quantitative estimate of drug-likeness (QED) is 0.452. The fraction of sp³-hybridized carbons (Fsp3) is 0.417. The van der Waals surface area contributed by atoms with Gasteiger partial charge in [-0.3, -0.25) is 14.9 Å². The maximum atomic E-state index is 11.4. The van der Waals surface area contributed by atoms with E-state index in [0.717, 1.165) is 0 Å². The fourth-order valence-corrected chi connectivity index (χ4v) is 2.34. The average molecular weight is 335 g/mol. The molecule has 1 aromatic rings. The van der Waals surface area contributed by atoms with E-state index in [1.165, 1.54) is 13.0 Å². The first-order valence-corrected chi connectivity index (χ1v) is 6.77. The standard InChI is InChI=1S/C12H13BrClNO3/c1-8(16)9(4-5-14)6-10-2-3-11(13)7-12(10)15(17)18/h2-3,7,9H,4-6H2,1H3. The summed E-state index contributed by atoms with van der Waals surface area (Å²) in [6.07, 6.45) is 0.885. The Morgan fingerprint density at radius 1 is 1.56 bits per heavy atom. The topological polar surface area (TPSA) is 60.2 Å². The molecule has 0 radical (unpaired) electrons. The van der Waals surface area contributed by atoms with E-state index in [1.807, 2.05) is 0 Å². The molecule has 1 unspecified atom stereocenters. The van der Waals surface area contributed by atoms with Crippen LogP contribution in [0.2, 0.25) is 0 Å². The van der Waals surface area contributed by atoms with Gasteiger partial charge in [0.1, 0.15) is 5.78 Å². The summed E-state index contributed by atoms with van der Waals surface area (Å²) >= 11 is 8.84. The molecule has 0 N–H and O–H groups in total. The van der Waals surface area contributed by atoms with Crippen molar-refractivity contribution in [2.75, 3.05) is 5.88 Å². The van der Waals surface area contributed by atoms with E-state index in [2.05, 4.69) is 15.9 Å². The first-order valence-electron chi connectivity index (χ1n) is 5.45. The van der Waals surface area contributed by atoms with Crippen molar-refractivity contribution in [1.82, 2.24) is 0 Å². The molecule has 98 valence electrons. The summed E-state index contributed by atoms with van der Waals surface area (Å²) in [4.78, 5) is 22.0. The molecule has 1 rings (SSSR count). The van der Waals surface area contributed by atoms with Crippen LogP contribution in [0.5, 0.6) is 0 Å². The zero-order valence-corrected chi connectivity index (χ0v) is 12.2. The lowest BCUT2D eigenvalue weighted by Crippen LogP contribution is -2.15. The first kappa shape index (κ1) is 15.1. The number of benzene rings is 1. The molecule has 0 fully saturated rings. The molecule has 0 amide bonds. The Bertz CT molecular complexity index is 465. The molecule has 0 aliphatic heterocycles. The van der Waals surface area contributed by atoms with Gasteiger partial charge in [0.15, 0.2) is 0 Å². The Morgan fingerprint density at radius 2 is 2.22 bits per heavy atom. The van der Waals surface area contributed by atoms with Crippen LogP contribution >= 0.6 is 27.5 Å². The molecule has 6 heteroatoms. The van der Waals surface area contributed by atoms with Gasteiger partial charge < -0.3 is 0 Å². The molecule has 0 aromatic heterocycles. The molecule has 0 bridgehead atoms. The van der Waals surface area contributed by atoms with E-state index in [-0.39, 0.29) is 17.4 Å². The minimum absolute atomic E-state index is 0.00728. The van der Waals surface area contributed by atoms with Gasteiger partial charge >= 0.3 is 0 Å². The lowest BCUT2D eigenvalue weighted by atomic mass is 9.93. The summed E-state index contributed by atoms with van der Waals surface area (Å²) in [5.74, 6) is 0.115. The van der Waals surface area contributed by atoms with Crippen LogP contribution in [0.3, 0.4) is 0 Å². The van der Waals surface area contributed by atoms with E-state index in [1.54, 1.807) is 12.1 Å². The number of hydrogen-bond acceptors (Lipinski definition) is 3. The van der Waals surface area contributed by atoms with Gasteiger partial charge in [-0.05, 0) is 25.8 Å². The maximum Gasteiger partial charge on any atom is 0.273 e. The Balaban J connectivity index is 3.01. The highest BCUT2D eigenvalue weighted by Gasteiger charge is 2.20. The number of halogens is 2. The van der Waals surface area contributed by atoms with E-state index in [0.29, 0.717) is 28.8 Å². The number of hydrogen-bond donors (Lipinski definition) is 0. The molecule has 4 nitrogen and oxygen atoms in total. The fourth-order valence-electron chi connectivity index (χ4n) is 1.73. The highest BCUT2D eigenvalue weighted by Crippen LogP contribution is 2.27. The van der Waals surface area contributed by atoms with Crippen molar-refractivity contribution in [1.29, 1.82) is 0 Å². The second-order valence-electron chi connectivity index (χ2n) is 4.02. The molecule has 0 heterocycles. The summed E-state index contributed by atoms with van der Waals surface area (Å²) in [6.45, 7) is 1.49. The summed E-state index contributed by atoms with van der Waals surface area (Å²) in [5.41, 5.74) is 0.596. The zero-order valence-electron chi connectivity index (χ0n) is 9.86. The minimum atomic E-state index is -0.433. The molecule has 0 aliphatic rings. The number of carbonyl (C=O) groups is 1. The van der Waals surface area contributed by atoms with Crippen LogP contribution in [0.25, 0.3) is 0 Å². The Kier molecular flexibility index (Phi) is 5.75. The molecule has 1 aromatic carbocycles. The van der Waals surface area contributed by atoms with Gasteiger partial charge in [-0.25, -0.2) is 0 Å². The SMILES string of the molecule is CC(=O)C(CCCl)Cc1ccc(Br)cc1[N+](=O)[O-]. The smallest absolute Gasteiger partial charge is 0.273 e. The van der Waals surface area contributed by atoms with Crippen molar-refractivity contribution in [2.24, 2.45) is 5.92 Å². The van der Waals surface area contributed by atoms with E-state index in [9.17, 15) is 14.9 Å². The van der Waals surface area contributed by atoms with Gasteiger partial charge in [0, 0.05) is 27.9 Å². The predicted molar refractivity (Wildman–Crippen MR) is 74.0 cm³/mol. The molecule has 1 atom stereocenters. The molecule has 0 saturated heterocycles. The second-order valence-corrected chi connectivity index (χ2v) is 5.31. The predicted octanol–water partition coefficient (Wildman–Crippen LogP) is 3.73. The van der Waals surface area contributed by atoms with Crippen molar-refractivity contribution in [3.05, 3.63) is 38.3 Å². The number of ketones is 1. The van der Waals surface area contributed by atoms with Crippen LogP contribution in [-0.2, 0) is 11.2 Å². The van der Waals surface area contributed by atoms with E-state index < -0.39 is 4.92 Å². The normalized spacial score (nSPS) is 12.2. The van der Waals surface area contributed by atoms with Gasteiger partial charge in [0.25, 0.3) is 5.69 Å². The van der Waals surface area contributed by atoms with Crippen LogP contribution in [-0.4, -0.2) is 16.6 Å². The van der Waals surface area contributed by atoms with Crippen molar-refractivity contribution in [2.45, 2.75) is 19.8 Å². The second kappa shape index (κ2) is 6.85. The monoisotopic (exact) mass is 333 g/mol. The van der Waals surface area contributed by atoms with Crippen LogP contribution < -0.4 is 0 Å². The Morgan fingerprint density at radius 3 is 2.72 bits per heavy atom. The molecule has 18 heavy (non-hydrogen) atoms. The van der Waals surface area contributed by atoms with Gasteiger partial charge in [0.05, 0.1) is 4.92 Å². The highest BCUT2D eigenvalue weighted by atomic mass is 79.9. The molecule has 0 spiro atoms. The minimum Gasteiger partial charge on any atom is -0.300 e. The third-order valence-electron chi connectivity index (χ3n) is 2.74. The number of carbonyl (C=O) groups excluding carboxylic acids is 1. The summed E-state index contributed by atoms with van der Waals surface area (Å²) in [7, 11) is 0. The number of nitro groups is 1. The highest BCUT2D eigenvalue weighted by molar-refractivity contribution is 9.10. The van der Waals surface area contributed by atoms with Crippen molar-refractivity contribution in [3.8, 4) is 0 Å². The van der Waals surface area contributed by atoms with Gasteiger partial charge in [-0.1, -0.05) is 22.0 Å². The van der Waals surface area contributed by atoms with Crippen LogP contribution in [0.4, 0.5) is 5.69 Å². The van der Waals surface area contributed by atoms with Crippen LogP contribution in [0, 0.1) is 16.0 Å². The largest absolute Gasteiger partial charge is 0.300 e. The molecule has 0 saturated carbocycles. The van der Waals surface area contributed by atoms with Crippen molar-refractivity contribution >= 4 is 39.0 Å². The number of rotatable bonds is 6. The number of alkyl halides is 1. The average Bonchev–Trinajstić information content (AvgIpc) is 2.30. The third kappa shape index (κ3) is 4.07. The maximum absolute atomic E-state index is 11.4. The van der Waals surface area contributed by atoms with Crippen LogP contribution in [0.15, 0.2) is 22.7 Å². The molecule has 0 aliphatic carbocycles. The first-order chi connectivity index (χ1) is 8.45. The lowest BCUT2D eigenvalue weighted by Gasteiger charge is -2.12. The summed E-state index contributed by atoms with van der Waals surface area (Å²) in [5, 5.41) is 11.0. The van der Waals surface area contributed by atoms with E-state index >= 15 is 0 Å². The summed E-state index contributed by atoms with van der Waals surface area (Å²) in [6, 6.07) is 4.86. The van der Waals surface area contributed by atoms with Gasteiger partial charge in [-0.15, -0.1) is 11.6 Å². The number of Topliss-reactive ketones (excluding diaryl/α,β-unsaturated/α-hetero) is 1. The lowest BCUT2D eigenvalue weighted by molar-refractivity contribution is -0.385. The number of nitrogens with zero attached hydrogens (tertiary/aromatic N) is 1. The van der Waals surface area contributed by atoms with Gasteiger partial charge in [-0.2, -0.15) is 0 Å². The van der Waals surface area contributed by atoms with Gasteiger partial charge in [0.2, 0.25) is 0 Å². The summed E-state index contributed by atoms with van der Waals surface area (Å²) < 4.78 is 0.648. The Labute approximate surface area is 119 Å². The van der Waals surface area contributed by atoms with E-state index in [4.69, 9.17) is 11.6 Å². The zero-order chi connectivity index (χ0) is 13.7. The van der Waals surface area contributed by atoms with Crippen LogP contribution in [0.1, 0.15) is 18.9 Å². The molecular formula is C12H13BrClNO3. The molecular weight excluding hydrogens is 321 g/mol. The third-order valence-corrected chi connectivity index (χ3v) is 3.45. The van der Waals surface area contributed by atoms with Crippen molar-refractivity contribution in [3.63, 3.8) is 0 Å². The Hall–Kier alpha value is -0.940. The van der Waals surface area contributed by atoms with Crippen molar-refractivity contribution < 1.29 is 9.72 Å². The number of nitro benzene ring substituents is 1.